The lowest BCUT2D eigenvalue weighted by molar-refractivity contribution is -0.121. The van der Waals surface area contributed by atoms with Crippen molar-refractivity contribution in [3.05, 3.63) is 0 Å². The summed E-state index contributed by atoms with van der Waals surface area (Å²) in [5, 5.41) is 0. The van der Waals surface area contributed by atoms with E-state index in [1.54, 1.807) is 0 Å². The lowest BCUT2D eigenvalue weighted by Gasteiger charge is -2.31. The van der Waals surface area contributed by atoms with Gasteiger partial charge in [0, 0.05) is 12.6 Å². The van der Waals surface area contributed by atoms with Crippen LogP contribution in [0, 0.1) is 0 Å². The zero-order valence-electron chi connectivity index (χ0n) is 7.03. The van der Waals surface area contributed by atoms with Crippen LogP contribution < -0.4 is 5.48 Å². The van der Waals surface area contributed by atoms with Gasteiger partial charge in [-0.05, 0) is 12.8 Å². The van der Waals surface area contributed by atoms with E-state index in [-0.39, 0.29) is 0 Å². The molecule has 1 amide bonds. The van der Waals surface area contributed by atoms with Crippen LogP contribution in [0.2, 0.25) is 0 Å². The third-order valence-electron chi connectivity index (χ3n) is 2.08. The highest BCUT2D eigenvalue weighted by atomic mass is 31.0. The van der Waals surface area contributed by atoms with Crippen LogP contribution in [0.5, 0.6) is 0 Å². The number of nitrogens with zero attached hydrogens (tertiary/aromatic N) is 1. The van der Waals surface area contributed by atoms with Crippen molar-refractivity contribution in [3.63, 3.8) is 0 Å². The molecule has 0 radical (unpaired) electrons. The van der Waals surface area contributed by atoms with E-state index < -0.39 is 0 Å². The van der Waals surface area contributed by atoms with Crippen molar-refractivity contribution >= 4 is 15.8 Å². The molecule has 4 nitrogen and oxygen atoms in total. The Labute approximate surface area is 74.8 Å². The zero-order chi connectivity index (χ0) is 8.81. The number of amides is 1. The van der Waals surface area contributed by atoms with Crippen molar-refractivity contribution in [1.82, 2.24) is 10.2 Å². The normalized spacial score (nSPS) is 25.2. The molecule has 0 spiro atoms. The zero-order valence-corrected chi connectivity index (χ0v) is 8.19. The maximum absolute atomic E-state index is 9.87. The number of nitrogens with one attached hydrogen (secondary N) is 1. The molecule has 1 aliphatic heterocycles. The van der Waals surface area contributed by atoms with Crippen molar-refractivity contribution in [2.75, 3.05) is 13.2 Å². The van der Waals surface area contributed by atoms with E-state index in [1.165, 1.54) is 12.8 Å². The van der Waals surface area contributed by atoms with Crippen molar-refractivity contribution in [3.8, 4) is 0 Å². The predicted molar refractivity (Wildman–Crippen MR) is 49.2 cm³/mol. The average molecular weight is 190 g/mol. The Hall–Kier alpha value is -0.180. The number of rotatable bonds is 4. The number of carbonyl (C=O) groups excluding carboxylic acids is 1. The van der Waals surface area contributed by atoms with Crippen molar-refractivity contribution in [2.24, 2.45) is 0 Å². The second-order valence-corrected chi connectivity index (χ2v) is 3.60. The van der Waals surface area contributed by atoms with Crippen molar-refractivity contribution < 1.29 is 9.63 Å². The van der Waals surface area contributed by atoms with Crippen molar-refractivity contribution in [2.45, 2.75) is 25.3 Å². The molecule has 0 aromatic carbocycles. The van der Waals surface area contributed by atoms with Gasteiger partial charge in [0.2, 0.25) is 6.41 Å². The van der Waals surface area contributed by atoms with Crippen LogP contribution in [0.15, 0.2) is 0 Å². The van der Waals surface area contributed by atoms with Gasteiger partial charge in [-0.25, -0.2) is 5.48 Å². The number of hydroxylamine groups is 1. The summed E-state index contributed by atoms with van der Waals surface area (Å²) in [6.07, 6.45) is 4.20. The first-order chi connectivity index (χ1) is 5.84. The Balaban J connectivity index is 2.15. The molecule has 70 valence electrons. The molecule has 1 unspecified atom stereocenters. The molecule has 5 heteroatoms. The topological polar surface area (TPSA) is 41.6 Å². The highest BCUT2D eigenvalue weighted by Gasteiger charge is 2.18. The SMILES string of the molecule is O=CNOC[C@@H]1CCCCN1P. The van der Waals surface area contributed by atoms with E-state index in [1.807, 2.05) is 0 Å². The fraction of sp³-hybridized carbons (Fsp3) is 0.857. The molecular weight excluding hydrogens is 175 g/mol. The second-order valence-electron chi connectivity index (χ2n) is 2.93. The van der Waals surface area contributed by atoms with Gasteiger partial charge in [-0.2, -0.15) is 0 Å². The Morgan fingerprint density at radius 2 is 2.50 bits per heavy atom. The van der Waals surface area contributed by atoms with Gasteiger partial charge in [0.25, 0.3) is 0 Å². The summed E-state index contributed by atoms with van der Waals surface area (Å²) < 4.78 is 2.19. The van der Waals surface area contributed by atoms with Gasteiger partial charge in [-0.3, -0.25) is 14.3 Å². The molecule has 2 atom stereocenters. The van der Waals surface area contributed by atoms with Gasteiger partial charge >= 0.3 is 0 Å². The molecule has 1 heterocycles. The van der Waals surface area contributed by atoms with Gasteiger partial charge in [0.05, 0.1) is 6.61 Å². The quantitative estimate of drug-likeness (QED) is 0.300. The Kier molecular flexibility index (Phi) is 4.51. The lowest BCUT2D eigenvalue weighted by Crippen LogP contribution is -2.37. The van der Waals surface area contributed by atoms with E-state index >= 15 is 0 Å². The lowest BCUT2D eigenvalue weighted by atomic mass is 10.1. The minimum Gasteiger partial charge on any atom is -0.282 e. The third kappa shape index (κ3) is 3.05. The molecule has 0 saturated carbocycles. The number of hydrogen-bond acceptors (Lipinski definition) is 3. The van der Waals surface area contributed by atoms with Crippen LogP contribution in [-0.2, 0) is 9.63 Å². The minimum atomic E-state index is 0.427. The van der Waals surface area contributed by atoms with E-state index in [4.69, 9.17) is 4.84 Å². The van der Waals surface area contributed by atoms with Gasteiger partial charge in [-0.15, -0.1) is 0 Å². The largest absolute Gasteiger partial charge is 0.282 e. The first kappa shape index (κ1) is 9.90. The first-order valence-electron chi connectivity index (χ1n) is 4.17. The highest BCUT2D eigenvalue weighted by molar-refractivity contribution is 7.13. The first-order valence-corrected chi connectivity index (χ1v) is 4.68. The van der Waals surface area contributed by atoms with E-state index in [0.717, 1.165) is 13.0 Å². The third-order valence-corrected chi connectivity index (χ3v) is 2.76. The number of hydrogen-bond donors (Lipinski definition) is 1. The van der Waals surface area contributed by atoms with Crippen LogP contribution in [0.1, 0.15) is 19.3 Å². The molecule has 0 aromatic rings. The molecule has 0 aliphatic carbocycles. The fourth-order valence-corrected chi connectivity index (χ4v) is 1.80. The molecule has 1 N–H and O–H groups in total. The van der Waals surface area contributed by atoms with Crippen LogP contribution >= 0.6 is 9.39 Å². The molecule has 1 fully saturated rings. The van der Waals surface area contributed by atoms with Crippen molar-refractivity contribution in [1.29, 1.82) is 0 Å². The summed E-state index contributed by atoms with van der Waals surface area (Å²) >= 11 is 0. The van der Waals surface area contributed by atoms with Crippen LogP contribution in [0.3, 0.4) is 0 Å². The molecular formula is C7H15N2O2P. The maximum atomic E-state index is 9.87. The highest BCUT2D eigenvalue weighted by Crippen LogP contribution is 2.19. The van der Waals surface area contributed by atoms with Gasteiger partial charge in [0.15, 0.2) is 0 Å². The fourth-order valence-electron chi connectivity index (χ4n) is 1.38. The van der Waals surface area contributed by atoms with Gasteiger partial charge in [0.1, 0.15) is 0 Å². The van der Waals surface area contributed by atoms with Gasteiger partial charge < -0.3 is 0 Å². The summed E-state index contributed by atoms with van der Waals surface area (Å²) in [6.45, 7) is 1.67. The van der Waals surface area contributed by atoms with Crippen LogP contribution in [0.4, 0.5) is 0 Å². The van der Waals surface area contributed by atoms with E-state index in [9.17, 15) is 4.79 Å². The molecule has 12 heavy (non-hydrogen) atoms. The van der Waals surface area contributed by atoms with Crippen LogP contribution in [-0.4, -0.2) is 30.3 Å². The number of piperidine rings is 1. The van der Waals surface area contributed by atoms with E-state index in [2.05, 4.69) is 19.5 Å². The Morgan fingerprint density at radius 3 is 3.17 bits per heavy atom. The molecule has 0 bridgehead atoms. The summed E-state index contributed by atoms with van der Waals surface area (Å²) in [6, 6.07) is 0.427. The molecule has 0 aromatic heterocycles. The second kappa shape index (κ2) is 5.46. The van der Waals surface area contributed by atoms with Crippen LogP contribution in [0.25, 0.3) is 0 Å². The summed E-state index contributed by atoms with van der Waals surface area (Å²) in [4.78, 5) is 14.8. The summed E-state index contributed by atoms with van der Waals surface area (Å²) in [7, 11) is 2.69. The predicted octanol–water partition coefficient (Wildman–Crippen LogP) is 0.309. The number of carbonyl (C=O) groups is 1. The smallest absolute Gasteiger partial charge is 0.230 e. The Morgan fingerprint density at radius 1 is 1.67 bits per heavy atom. The molecule has 1 saturated heterocycles. The molecule has 1 aliphatic rings. The monoisotopic (exact) mass is 190 g/mol. The van der Waals surface area contributed by atoms with Gasteiger partial charge in [-0.1, -0.05) is 15.8 Å². The summed E-state index contributed by atoms with van der Waals surface area (Å²) in [5.41, 5.74) is 2.20. The summed E-state index contributed by atoms with van der Waals surface area (Å²) in [5.74, 6) is 0. The van der Waals surface area contributed by atoms with E-state index in [0.29, 0.717) is 19.1 Å². The maximum Gasteiger partial charge on any atom is 0.230 e. The molecule has 1 rings (SSSR count). The Bertz CT molecular complexity index is 145. The standard InChI is InChI=1S/C7H15N2O2P/c10-6-8-11-5-7-3-1-2-4-9(7)12/h6-7H,1-5,12H2,(H,8,10)/t7-/m0/s1. The average Bonchev–Trinajstić information content (AvgIpc) is 2.09. The minimum absolute atomic E-state index is 0.427.